The van der Waals surface area contributed by atoms with Gasteiger partial charge in [-0.3, -0.25) is 14.4 Å². The smallest absolute Gasteiger partial charge is 0.251 e. The lowest BCUT2D eigenvalue weighted by Crippen LogP contribution is -2.34. The van der Waals surface area contributed by atoms with E-state index in [1.807, 2.05) is 109 Å². The number of hydrogen-bond acceptors (Lipinski definition) is 10. The predicted molar refractivity (Wildman–Crippen MR) is 275 cm³/mol. The van der Waals surface area contributed by atoms with Crippen molar-refractivity contribution in [2.24, 2.45) is 5.92 Å². The third-order valence-corrected chi connectivity index (χ3v) is 11.7. The first kappa shape index (κ1) is 55.3. The lowest BCUT2D eigenvalue weighted by molar-refractivity contribution is -0.138. The number of ether oxygens (including phenoxy) is 4. The van der Waals surface area contributed by atoms with E-state index in [-0.39, 0.29) is 61.3 Å². The molecule has 372 valence electrons. The van der Waals surface area contributed by atoms with Crippen LogP contribution in [0, 0.1) is 12.8 Å². The molecule has 3 aliphatic rings. The van der Waals surface area contributed by atoms with Gasteiger partial charge in [0, 0.05) is 71.9 Å². The quantitative estimate of drug-likeness (QED) is 0.0326. The van der Waals surface area contributed by atoms with Crippen molar-refractivity contribution in [3.63, 3.8) is 0 Å². The minimum atomic E-state index is -0.344. The summed E-state index contributed by atoms with van der Waals surface area (Å²) < 4.78 is 23.1. The Hall–Kier alpha value is -6.25. The Bertz CT molecular complexity index is 2390. The maximum absolute atomic E-state index is 13.4. The van der Waals surface area contributed by atoms with Gasteiger partial charge in [0.15, 0.2) is 5.75 Å². The monoisotopic (exact) mass is 947 g/mol. The fraction of sp³-hybridized carbons (Fsp3) is 0.411. The molecule has 2 unspecified atom stereocenters. The number of aryl methyl sites for hydroxylation is 3. The number of nitrogen functional groups attached to an aromatic ring is 1. The fourth-order valence-corrected chi connectivity index (χ4v) is 8.22. The number of rotatable bonds is 18. The number of carbonyl (C=O) groups excluding carboxylic acids is 3. The van der Waals surface area contributed by atoms with Crippen LogP contribution in [0.25, 0.3) is 0 Å². The molecular formula is C56H74N4O9. The van der Waals surface area contributed by atoms with E-state index in [4.69, 9.17) is 29.6 Å². The summed E-state index contributed by atoms with van der Waals surface area (Å²) in [7, 11) is 0. The van der Waals surface area contributed by atoms with E-state index in [1.54, 1.807) is 12.1 Å². The lowest BCUT2D eigenvalue weighted by Gasteiger charge is -2.37. The van der Waals surface area contributed by atoms with E-state index in [1.165, 1.54) is 11.6 Å². The summed E-state index contributed by atoms with van der Waals surface area (Å²) in [5.74, 6) is 0.392. The van der Waals surface area contributed by atoms with Crippen LogP contribution in [0.1, 0.15) is 111 Å². The second-order valence-electron chi connectivity index (χ2n) is 15.9. The zero-order valence-corrected chi connectivity index (χ0v) is 42.0. The zero-order chi connectivity index (χ0) is 50.3. The van der Waals surface area contributed by atoms with Gasteiger partial charge in [0.1, 0.15) is 11.5 Å². The summed E-state index contributed by atoms with van der Waals surface area (Å²) in [4.78, 5) is 45.7. The van der Waals surface area contributed by atoms with Crippen LogP contribution in [0.5, 0.6) is 11.5 Å². The molecule has 3 amide bonds. The van der Waals surface area contributed by atoms with Crippen LogP contribution in [-0.2, 0) is 43.2 Å². The molecule has 5 N–H and O–H groups in total. The molecule has 0 fully saturated rings. The number of para-hydroxylation sites is 1. The average Bonchev–Trinajstić information content (AvgIpc) is 3.37. The molecule has 7 rings (SSSR count). The first-order valence-electron chi connectivity index (χ1n) is 24.5. The standard InChI is InChI=1S/C50H56N4O9.3C2H6/c1-32-26-40-44(28-33(32)2)62-45-30-42(51)34(3)27-41(45)49(40)39-15-14-37(29-46(39)63-58)50(57)53-19-21-60-23-25-61-24-22-59-20-18-52-47(55)16-17-48(56)54-31-38-10-5-4-8-35(38)12-13-36-9-6-7-11-43(36)54;3*1-2/h4-11,14-15,26-30,40,49,58H,2,12-13,16-25,31,51H2,1,3H3,(H,52,55)(H,53,57);3*1-2H3. The highest BCUT2D eigenvalue weighted by Gasteiger charge is 2.39. The third-order valence-electron chi connectivity index (χ3n) is 11.7. The van der Waals surface area contributed by atoms with Crippen LogP contribution < -0.4 is 30.9 Å². The molecule has 0 saturated heterocycles. The highest BCUT2D eigenvalue weighted by molar-refractivity contribution is 5.96. The summed E-state index contributed by atoms with van der Waals surface area (Å²) >= 11 is 0. The predicted octanol–water partition coefficient (Wildman–Crippen LogP) is 10.1. The number of amides is 3. The second kappa shape index (κ2) is 28.9. The van der Waals surface area contributed by atoms with E-state index in [2.05, 4.69) is 41.5 Å². The number of allylic oxidation sites excluding steroid dienone is 4. The fourth-order valence-electron chi connectivity index (χ4n) is 8.22. The van der Waals surface area contributed by atoms with Crippen molar-refractivity contribution >= 4 is 29.1 Å². The molecule has 1 aliphatic carbocycles. The van der Waals surface area contributed by atoms with Gasteiger partial charge in [0.25, 0.3) is 5.91 Å². The number of nitrogens with one attached hydrogen (secondary N) is 2. The van der Waals surface area contributed by atoms with Crippen LogP contribution >= 0.6 is 0 Å². The number of hydrogen-bond donors (Lipinski definition) is 4. The van der Waals surface area contributed by atoms with E-state index in [0.717, 1.165) is 51.9 Å². The van der Waals surface area contributed by atoms with Gasteiger partial charge in [-0.05, 0) is 90.4 Å². The second-order valence-corrected chi connectivity index (χ2v) is 15.9. The van der Waals surface area contributed by atoms with Crippen LogP contribution in [0.3, 0.4) is 0 Å². The van der Waals surface area contributed by atoms with Crippen molar-refractivity contribution in [3.8, 4) is 11.5 Å². The van der Waals surface area contributed by atoms with Crippen LogP contribution in [0.2, 0.25) is 0 Å². The average molecular weight is 947 g/mol. The molecule has 69 heavy (non-hydrogen) atoms. The van der Waals surface area contributed by atoms with E-state index in [9.17, 15) is 19.6 Å². The highest BCUT2D eigenvalue weighted by Crippen LogP contribution is 2.51. The summed E-state index contributed by atoms with van der Waals surface area (Å²) in [6.45, 7) is 23.1. The maximum Gasteiger partial charge on any atom is 0.251 e. The van der Waals surface area contributed by atoms with Crippen molar-refractivity contribution in [2.75, 3.05) is 63.4 Å². The number of anilines is 2. The molecule has 2 aliphatic heterocycles. The van der Waals surface area contributed by atoms with Crippen LogP contribution in [0.15, 0.2) is 114 Å². The Morgan fingerprint density at radius 3 is 2.04 bits per heavy atom. The molecule has 13 nitrogen and oxygen atoms in total. The molecule has 0 bridgehead atoms. The number of carbonyl (C=O) groups is 3. The van der Waals surface area contributed by atoms with Crippen molar-refractivity contribution < 1.29 is 43.5 Å². The zero-order valence-electron chi connectivity index (χ0n) is 42.0. The van der Waals surface area contributed by atoms with Crippen molar-refractivity contribution in [1.82, 2.24) is 10.6 Å². The van der Waals surface area contributed by atoms with E-state index in [0.29, 0.717) is 74.4 Å². The topological polar surface area (TPSA) is 171 Å². The summed E-state index contributed by atoms with van der Waals surface area (Å²) in [5.41, 5.74) is 15.9. The largest absolute Gasteiger partial charge is 0.461 e. The molecule has 2 atom stereocenters. The van der Waals surface area contributed by atoms with Crippen LogP contribution in [0.4, 0.5) is 11.4 Å². The van der Waals surface area contributed by atoms with Gasteiger partial charge >= 0.3 is 0 Å². The van der Waals surface area contributed by atoms with Crippen LogP contribution in [-0.4, -0.2) is 75.7 Å². The maximum atomic E-state index is 13.4. The van der Waals surface area contributed by atoms with Gasteiger partial charge in [-0.2, -0.15) is 0 Å². The van der Waals surface area contributed by atoms with Gasteiger partial charge in [-0.1, -0.05) is 103 Å². The molecule has 0 spiro atoms. The molecule has 0 aromatic heterocycles. The van der Waals surface area contributed by atoms with Gasteiger partial charge in [0.05, 0.1) is 46.2 Å². The van der Waals surface area contributed by atoms with E-state index < -0.39 is 0 Å². The Morgan fingerprint density at radius 2 is 1.36 bits per heavy atom. The molecule has 0 saturated carbocycles. The first-order chi connectivity index (χ1) is 33.6. The highest BCUT2D eigenvalue weighted by atomic mass is 17.1. The van der Waals surface area contributed by atoms with E-state index >= 15 is 0 Å². The Morgan fingerprint density at radius 1 is 0.754 bits per heavy atom. The number of benzene rings is 4. The Balaban J connectivity index is 0.00000166. The van der Waals surface area contributed by atoms with Gasteiger partial charge in [0.2, 0.25) is 11.8 Å². The normalized spacial score (nSPS) is 15.3. The summed E-state index contributed by atoms with van der Waals surface area (Å²) in [6.07, 6.45) is 6.01. The SMILES string of the molecule is C=C1C=C2Oc3cc(N)c(C)cc3C(c3ccc(C(=O)NCCOCCOCCOCCNC(=O)CCC(=O)N4Cc5ccccc5CCc5ccccc54)cc3OO)C2C=C1C.CC.CC.CC. The van der Waals surface area contributed by atoms with Crippen molar-refractivity contribution in [1.29, 1.82) is 0 Å². The first-order valence-corrected chi connectivity index (χ1v) is 24.5. The lowest BCUT2D eigenvalue weighted by atomic mass is 9.73. The van der Waals surface area contributed by atoms with Crippen molar-refractivity contribution in [3.05, 3.63) is 153 Å². The molecular weight excluding hydrogens is 873 g/mol. The molecule has 4 aromatic rings. The number of fused-ring (bicyclic) bond motifs is 4. The Kier molecular flexibility index (Phi) is 23.2. The van der Waals surface area contributed by atoms with Gasteiger partial charge < -0.3 is 45.1 Å². The summed E-state index contributed by atoms with van der Waals surface area (Å²) in [6, 6.07) is 25.0. The number of nitrogens with zero attached hydrogens (tertiary/aromatic N) is 1. The summed E-state index contributed by atoms with van der Waals surface area (Å²) in [5, 5.41) is 15.7. The number of nitrogens with two attached hydrogens (primary N) is 1. The minimum absolute atomic E-state index is 0.0811. The van der Waals surface area contributed by atoms with Gasteiger partial charge in [-0.15, -0.1) is 0 Å². The molecule has 0 radical (unpaired) electrons. The minimum Gasteiger partial charge on any atom is -0.461 e. The Labute approximate surface area is 409 Å². The van der Waals surface area contributed by atoms with Crippen molar-refractivity contribution in [2.45, 2.75) is 93.5 Å². The molecule has 2 heterocycles. The van der Waals surface area contributed by atoms with Gasteiger partial charge in [-0.25, -0.2) is 5.26 Å². The molecule has 4 aromatic carbocycles. The third kappa shape index (κ3) is 15.1. The molecule has 13 heteroatoms.